The van der Waals surface area contributed by atoms with E-state index in [9.17, 15) is 0 Å². The molecule has 1 saturated heterocycles. The van der Waals surface area contributed by atoms with E-state index in [1.165, 1.54) is 205 Å². The Kier molecular flexibility index (Phi) is 30.4. The number of ether oxygens (including phenoxy) is 2. The first-order chi connectivity index (χ1) is 21.3. The van der Waals surface area contributed by atoms with Crippen molar-refractivity contribution in [1.29, 1.82) is 0 Å². The molecule has 1 aliphatic heterocycles. The molecule has 1 unspecified atom stereocenters. The molecule has 2 nitrogen and oxygen atoms in total. The van der Waals surface area contributed by atoms with Gasteiger partial charge in [0.05, 0.1) is 12.7 Å². The van der Waals surface area contributed by atoms with Gasteiger partial charge < -0.3 is 9.47 Å². The molecule has 1 fully saturated rings. The second-order valence-electron chi connectivity index (χ2n) is 14.5. The fraction of sp³-hybridized carbons (Fsp3) is 1.00. The lowest BCUT2D eigenvalue weighted by atomic mass is 9.98. The smallest absolute Gasteiger partial charge is 0.168 e. The number of rotatable bonds is 35. The van der Waals surface area contributed by atoms with Crippen LogP contribution in [0, 0.1) is 0 Å². The van der Waals surface area contributed by atoms with Gasteiger partial charge in [-0.25, -0.2) is 0 Å². The summed E-state index contributed by atoms with van der Waals surface area (Å²) >= 11 is 0. The summed E-state index contributed by atoms with van der Waals surface area (Å²) in [7, 11) is 0. The maximum absolute atomic E-state index is 6.52. The van der Waals surface area contributed by atoms with Crippen molar-refractivity contribution in [3.8, 4) is 0 Å². The summed E-state index contributed by atoms with van der Waals surface area (Å²) in [4.78, 5) is 0. The van der Waals surface area contributed by atoms with Crippen LogP contribution in [-0.4, -0.2) is 18.5 Å². The van der Waals surface area contributed by atoms with Crippen molar-refractivity contribution >= 4 is 0 Å². The van der Waals surface area contributed by atoms with E-state index in [0.29, 0.717) is 6.10 Å². The normalized spacial score (nSPS) is 16.4. The average Bonchev–Trinajstić information content (AvgIpc) is 3.44. The molecular formula is C41H82O2. The van der Waals surface area contributed by atoms with Gasteiger partial charge in [-0.15, -0.1) is 0 Å². The van der Waals surface area contributed by atoms with Crippen molar-refractivity contribution in [3.63, 3.8) is 0 Å². The van der Waals surface area contributed by atoms with Gasteiger partial charge in [0, 0.05) is 12.8 Å². The van der Waals surface area contributed by atoms with Gasteiger partial charge in [-0.3, -0.25) is 0 Å². The summed E-state index contributed by atoms with van der Waals surface area (Å²) in [6.45, 7) is 7.67. The van der Waals surface area contributed by atoms with Crippen LogP contribution in [0.3, 0.4) is 0 Å². The molecule has 0 bridgehead atoms. The van der Waals surface area contributed by atoms with Crippen LogP contribution >= 0.6 is 0 Å². The van der Waals surface area contributed by atoms with Crippen molar-refractivity contribution in [3.05, 3.63) is 0 Å². The number of hydrogen-bond donors (Lipinski definition) is 0. The van der Waals surface area contributed by atoms with E-state index >= 15 is 0 Å². The van der Waals surface area contributed by atoms with E-state index in [1.54, 1.807) is 0 Å². The molecule has 1 atom stereocenters. The van der Waals surface area contributed by atoms with Crippen LogP contribution < -0.4 is 0 Å². The third-order valence-electron chi connectivity index (χ3n) is 10.2. The van der Waals surface area contributed by atoms with E-state index in [4.69, 9.17) is 9.47 Å². The largest absolute Gasteiger partial charge is 0.347 e. The Morgan fingerprint density at radius 1 is 0.372 bits per heavy atom. The topological polar surface area (TPSA) is 18.5 Å². The summed E-state index contributed by atoms with van der Waals surface area (Å²) < 4.78 is 12.9. The van der Waals surface area contributed by atoms with Crippen molar-refractivity contribution in [2.75, 3.05) is 6.61 Å². The molecule has 0 aromatic carbocycles. The summed E-state index contributed by atoms with van der Waals surface area (Å²) in [5.74, 6) is -0.257. The quantitative estimate of drug-likeness (QED) is 0.0668. The van der Waals surface area contributed by atoms with Crippen LogP contribution in [0.1, 0.15) is 245 Å². The maximum Gasteiger partial charge on any atom is 0.168 e. The highest BCUT2D eigenvalue weighted by Crippen LogP contribution is 2.35. The van der Waals surface area contributed by atoms with Crippen LogP contribution in [0.4, 0.5) is 0 Å². The van der Waals surface area contributed by atoms with Gasteiger partial charge in [-0.1, -0.05) is 213 Å². The number of hydrogen-bond acceptors (Lipinski definition) is 2. The van der Waals surface area contributed by atoms with Gasteiger partial charge >= 0.3 is 0 Å². The van der Waals surface area contributed by atoms with Crippen molar-refractivity contribution in [1.82, 2.24) is 0 Å². The molecule has 1 rings (SSSR count). The highest BCUT2D eigenvalue weighted by Gasteiger charge is 2.39. The van der Waals surface area contributed by atoms with Crippen molar-refractivity contribution in [2.45, 2.75) is 257 Å². The number of unbranched alkanes of at least 4 members (excludes halogenated alkanes) is 30. The maximum atomic E-state index is 6.52. The Morgan fingerprint density at radius 3 is 0.860 bits per heavy atom. The van der Waals surface area contributed by atoms with Crippen LogP contribution in [-0.2, 0) is 9.47 Å². The first-order valence-corrected chi connectivity index (χ1v) is 20.6. The zero-order valence-corrected chi connectivity index (χ0v) is 30.3. The third kappa shape index (κ3) is 25.8. The van der Waals surface area contributed by atoms with Gasteiger partial charge in [0.1, 0.15) is 0 Å². The Morgan fingerprint density at radius 2 is 0.628 bits per heavy atom. The predicted octanol–water partition coefficient (Wildman–Crippen LogP) is 14.8. The zero-order chi connectivity index (χ0) is 30.9. The Labute approximate surface area is 273 Å². The summed E-state index contributed by atoms with van der Waals surface area (Å²) in [6.07, 6.45) is 49.3. The molecule has 2 heteroatoms. The molecule has 1 aliphatic rings. The minimum atomic E-state index is -0.257. The summed E-state index contributed by atoms with van der Waals surface area (Å²) in [5, 5.41) is 0. The van der Waals surface area contributed by atoms with E-state index in [1.807, 2.05) is 0 Å². The molecule has 0 radical (unpaired) electrons. The van der Waals surface area contributed by atoms with Crippen LogP contribution in [0.25, 0.3) is 0 Å². The van der Waals surface area contributed by atoms with E-state index in [2.05, 4.69) is 20.8 Å². The Bertz CT molecular complexity index is 496. The predicted molar refractivity (Wildman–Crippen MR) is 192 cm³/mol. The molecule has 258 valence electrons. The fourth-order valence-electron chi connectivity index (χ4n) is 7.09. The molecule has 0 saturated carbocycles. The van der Waals surface area contributed by atoms with Gasteiger partial charge in [-0.2, -0.15) is 0 Å². The van der Waals surface area contributed by atoms with Gasteiger partial charge in [0.2, 0.25) is 0 Å². The Hall–Kier alpha value is -0.0800. The van der Waals surface area contributed by atoms with Crippen molar-refractivity contribution in [2.24, 2.45) is 0 Å². The van der Waals surface area contributed by atoms with Crippen molar-refractivity contribution < 1.29 is 9.47 Å². The average molecular weight is 607 g/mol. The third-order valence-corrected chi connectivity index (χ3v) is 10.2. The molecule has 0 aromatic rings. The summed E-state index contributed by atoms with van der Waals surface area (Å²) in [5.41, 5.74) is 0. The minimum Gasteiger partial charge on any atom is -0.347 e. The summed E-state index contributed by atoms with van der Waals surface area (Å²) in [6, 6.07) is 0. The zero-order valence-electron chi connectivity index (χ0n) is 30.3. The first-order valence-electron chi connectivity index (χ1n) is 20.6. The van der Waals surface area contributed by atoms with E-state index < -0.39 is 0 Å². The monoisotopic (exact) mass is 607 g/mol. The van der Waals surface area contributed by atoms with Crippen LogP contribution in [0.2, 0.25) is 0 Å². The van der Waals surface area contributed by atoms with Gasteiger partial charge in [0.15, 0.2) is 5.79 Å². The highest BCUT2D eigenvalue weighted by atomic mass is 16.7. The molecule has 1 heterocycles. The SMILES string of the molecule is CCCCCCCCCCCCCCCCCCC1(CCCCCCCCCCCCCCCCCC)OCC(CC)O1. The molecule has 43 heavy (non-hydrogen) atoms. The van der Waals surface area contributed by atoms with Gasteiger partial charge in [0.25, 0.3) is 0 Å². The lowest BCUT2D eigenvalue weighted by Gasteiger charge is -2.28. The van der Waals surface area contributed by atoms with E-state index in [-0.39, 0.29) is 5.79 Å². The first kappa shape index (κ1) is 40.9. The molecular weight excluding hydrogens is 524 g/mol. The molecule has 0 aliphatic carbocycles. The second kappa shape index (κ2) is 31.9. The van der Waals surface area contributed by atoms with Crippen LogP contribution in [0.5, 0.6) is 0 Å². The minimum absolute atomic E-state index is 0.257. The van der Waals surface area contributed by atoms with Gasteiger partial charge in [-0.05, 0) is 19.3 Å². The van der Waals surface area contributed by atoms with E-state index in [0.717, 1.165) is 25.9 Å². The molecule has 0 spiro atoms. The Balaban J connectivity index is 1.95. The lowest BCUT2D eigenvalue weighted by Crippen LogP contribution is -2.31. The molecule has 0 N–H and O–H groups in total. The molecule has 0 aromatic heterocycles. The highest BCUT2D eigenvalue weighted by molar-refractivity contribution is 4.79. The lowest BCUT2D eigenvalue weighted by molar-refractivity contribution is -0.179. The fourth-order valence-corrected chi connectivity index (χ4v) is 7.09. The van der Waals surface area contributed by atoms with Crippen LogP contribution in [0.15, 0.2) is 0 Å². The molecule has 0 amide bonds. The second-order valence-corrected chi connectivity index (χ2v) is 14.5. The standard InChI is InChI=1S/C41H82O2/c1-4-7-9-11-13-15-17-19-21-23-25-27-29-31-33-35-37-41(42-39-40(6-3)43-41)38-36-34-32-30-28-26-24-22-20-18-16-14-12-10-8-5-2/h40H,4-39H2,1-3H3.